The van der Waals surface area contributed by atoms with E-state index >= 15 is 0 Å². The molecule has 1 saturated carbocycles. The molecule has 0 bridgehead atoms. The summed E-state index contributed by atoms with van der Waals surface area (Å²) in [5.41, 5.74) is 3.40. The normalized spacial score (nSPS) is 27.0. The first-order valence-electron chi connectivity index (χ1n) is 11.4. The third-order valence-corrected chi connectivity index (χ3v) is 7.53. The molecule has 1 N–H and O–H groups in total. The molecule has 2 aliphatic heterocycles. The van der Waals surface area contributed by atoms with Crippen LogP contribution in [0.2, 0.25) is 0 Å². The fourth-order valence-corrected chi connectivity index (χ4v) is 6.04. The molecular weight excluding hydrogens is 374 g/mol. The molecule has 3 atom stereocenters. The SMILES string of the molecule is Cc1ccccc1[C@@H]1[C@H]2CN(Cc3ccc[nH]c3=O)C[C@H]2CN1C(=O)C1CCCC1. The Balaban J connectivity index is 1.41. The Bertz CT molecular complexity index is 978. The fraction of sp³-hybridized carbons (Fsp3) is 0.520. The number of H-pyrrole nitrogens is 1. The van der Waals surface area contributed by atoms with E-state index in [1.54, 1.807) is 6.20 Å². The zero-order valence-electron chi connectivity index (χ0n) is 17.7. The van der Waals surface area contributed by atoms with E-state index in [0.717, 1.165) is 38.0 Å². The lowest BCUT2D eigenvalue weighted by atomic mass is 9.87. The van der Waals surface area contributed by atoms with Crippen LogP contribution in [0.15, 0.2) is 47.4 Å². The summed E-state index contributed by atoms with van der Waals surface area (Å²) in [7, 11) is 0. The van der Waals surface area contributed by atoms with Gasteiger partial charge in [-0.25, -0.2) is 0 Å². The highest BCUT2D eigenvalue weighted by molar-refractivity contribution is 5.80. The molecule has 3 heterocycles. The van der Waals surface area contributed by atoms with Gasteiger partial charge in [-0.15, -0.1) is 0 Å². The van der Waals surface area contributed by atoms with Crippen molar-refractivity contribution in [1.29, 1.82) is 0 Å². The van der Waals surface area contributed by atoms with Crippen LogP contribution < -0.4 is 5.56 Å². The molecule has 5 heteroatoms. The maximum Gasteiger partial charge on any atom is 0.252 e. The number of carbonyl (C=O) groups is 1. The van der Waals surface area contributed by atoms with Crippen molar-refractivity contribution in [2.45, 2.75) is 45.2 Å². The minimum absolute atomic E-state index is 0.00282. The highest BCUT2D eigenvalue weighted by Crippen LogP contribution is 2.47. The maximum absolute atomic E-state index is 13.5. The molecule has 0 spiro atoms. The number of nitrogens with one attached hydrogen (secondary N) is 1. The minimum Gasteiger partial charge on any atom is -0.335 e. The van der Waals surface area contributed by atoms with Crippen LogP contribution in [0.25, 0.3) is 0 Å². The van der Waals surface area contributed by atoms with Gasteiger partial charge in [0, 0.05) is 49.8 Å². The second kappa shape index (κ2) is 8.03. The van der Waals surface area contributed by atoms with Crippen molar-refractivity contribution in [2.24, 2.45) is 17.8 Å². The molecule has 1 aliphatic carbocycles. The molecule has 3 fully saturated rings. The van der Waals surface area contributed by atoms with Crippen molar-refractivity contribution in [3.63, 3.8) is 0 Å². The number of amides is 1. The Morgan fingerprint density at radius 1 is 1.07 bits per heavy atom. The van der Waals surface area contributed by atoms with Crippen molar-refractivity contribution in [2.75, 3.05) is 19.6 Å². The van der Waals surface area contributed by atoms with Gasteiger partial charge in [-0.1, -0.05) is 43.2 Å². The summed E-state index contributed by atoms with van der Waals surface area (Å²) < 4.78 is 0. The largest absolute Gasteiger partial charge is 0.335 e. The van der Waals surface area contributed by atoms with Crippen molar-refractivity contribution in [3.05, 3.63) is 69.6 Å². The van der Waals surface area contributed by atoms with Crippen LogP contribution in [-0.2, 0) is 11.3 Å². The number of nitrogens with zero attached hydrogens (tertiary/aromatic N) is 2. The van der Waals surface area contributed by atoms with E-state index in [2.05, 4.69) is 46.0 Å². The summed E-state index contributed by atoms with van der Waals surface area (Å²) in [5.74, 6) is 1.50. The van der Waals surface area contributed by atoms with Crippen LogP contribution in [0.4, 0.5) is 0 Å². The van der Waals surface area contributed by atoms with Crippen LogP contribution in [0.3, 0.4) is 0 Å². The van der Waals surface area contributed by atoms with Crippen LogP contribution in [0, 0.1) is 24.7 Å². The predicted molar refractivity (Wildman–Crippen MR) is 117 cm³/mol. The quantitative estimate of drug-likeness (QED) is 0.847. The molecule has 5 rings (SSSR count). The van der Waals surface area contributed by atoms with E-state index in [-0.39, 0.29) is 17.5 Å². The van der Waals surface area contributed by atoms with Crippen LogP contribution >= 0.6 is 0 Å². The molecule has 30 heavy (non-hydrogen) atoms. The monoisotopic (exact) mass is 405 g/mol. The molecule has 0 unspecified atom stereocenters. The average Bonchev–Trinajstić information content (AvgIpc) is 3.46. The van der Waals surface area contributed by atoms with Gasteiger partial charge in [-0.05, 0) is 42.9 Å². The molecule has 1 amide bonds. The second-order valence-electron chi connectivity index (χ2n) is 9.42. The molecule has 3 aliphatic rings. The van der Waals surface area contributed by atoms with Gasteiger partial charge >= 0.3 is 0 Å². The van der Waals surface area contributed by atoms with Crippen molar-refractivity contribution in [3.8, 4) is 0 Å². The summed E-state index contributed by atoms with van der Waals surface area (Å²) >= 11 is 0. The highest BCUT2D eigenvalue weighted by Gasteiger charge is 2.50. The number of aromatic nitrogens is 1. The summed E-state index contributed by atoms with van der Waals surface area (Å²) in [6.07, 6.45) is 6.16. The van der Waals surface area contributed by atoms with E-state index < -0.39 is 0 Å². The lowest BCUT2D eigenvalue weighted by Gasteiger charge is -2.32. The average molecular weight is 406 g/mol. The van der Waals surface area contributed by atoms with E-state index in [4.69, 9.17) is 0 Å². The number of hydrogen-bond acceptors (Lipinski definition) is 3. The first kappa shape index (κ1) is 19.6. The lowest BCUT2D eigenvalue weighted by molar-refractivity contribution is -0.137. The van der Waals surface area contributed by atoms with E-state index in [9.17, 15) is 9.59 Å². The number of rotatable bonds is 4. The van der Waals surface area contributed by atoms with Crippen molar-refractivity contribution < 1.29 is 4.79 Å². The molecule has 2 saturated heterocycles. The van der Waals surface area contributed by atoms with Crippen LogP contribution in [0.5, 0.6) is 0 Å². The standard InChI is InChI=1S/C25H31N3O2/c1-17-7-2-5-11-21(17)23-22-16-27(13-19-10-6-12-26-24(19)29)14-20(22)15-28(23)25(30)18-8-3-4-9-18/h2,5-7,10-12,18,20,22-23H,3-4,8-9,13-16H2,1H3,(H,26,29)/t20-,22-,23+/m0/s1. The summed E-state index contributed by atoms with van der Waals surface area (Å²) in [4.78, 5) is 33.0. The molecule has 2 aromatic rings. The van der Waals surface area contributed by atoms with E-state index in [1.165, 1.54) is 24.0 Å². The third kappa shape index (κ3) is 3.49. The molecular formula is C25H31N3O2. The van der Waals surface area contributed by atoms with Gasteiger partial charge in [0.2, 0.25) is 5.91 Å². The number of aryl methyl sites for hydroxylation is 1. The maximum atomic E-state index is 13.5. The lowest BCUT2D eigenvalue weighted by Crippen LogP contribution is -2.39. The Morgan fingerprint density at radius 3 is 2.63 bits per heavy atom. The molecule has 158 valence electrons. The first-order chi connectivity index (χ1) is 14.6. The Morgan fingerprint density at radius 2 is 1.87 bits per heavy atom. The zero-order chi connectivity index (χ0) is 20.7. The zero-order valence-corrected chi connectivity index (χ0v) is 17.7. The molecule has 0 radical (unpaired) electrons. The minimum atomic E-state index is 0.00282. The third-order valence-electron chi connectivity index (χ3n) is 7.53. The summed E-state index contributed by atoms with van der Waals surface area (Å²) in [6.45, 7) is 5.58. The van der Waals surface area contributed by atoms with Gasteiger partial charge in [0.05, 0.1) is 6.04 Å². The summed E-state index contributed by atoms with van der Waals surface area (Å²) in [6, 6.07) is 12.5. The van der Waals surface area contributed by atoms with Crippen LogP contribution in [-0.4, -0.2) is 40.3 Å². The molecule has 1 aromatic heterocycles. The number of carbonyl (C=O) groups excluding carboxylic acids is 1. The Labute approximate surface area is 178 Å². The number of hydrogen-bond donors (Lipinski definition) is 1. The smallest absolute Gasteiger partial charge is 0.252 e. The van der Waals surface area contributed by atoms with Gasteiger partial charge in [0.15, 0.2) is 0 Å². The van der Waals surface area contributed by atoms with Crippen molar-refractivity contribution >= 4 is 5.91 Å². The summed E-state index contributed by atoms with van der Waals surface area (Å²) in [5, 5.41) is 0. The fourth-order valence-electron chi connectivity index (χ4n) is 6.04. The molecule has 1 aromatic carbocycles. The highest BCUT2D eigenvalue weighted by atomic mass is 16.2. The van der Waals surface area contributed by atoms with Gasteiger partial charge in [-0.3, -0.25) is 14.5 Å². The van der Waals surface area contributed by atoms with Gasteiger partial charge in [0.25, 0.3) is 5.56 Å². The predicted octanol–water partition coefficient (Wildman–Crippen LogP) is 3.51. The van der Waals surface area contributed by atoms with E-state index in [1.807, 2.05) is 12.1 Å². The Hall–Kier alpha value is -2.40. The number of benzene rings is 1. The van der Waals surface area contributed by atoms with Gasteiger partial charge < -0.3 is 9.88 Å². The van der Waals surface area contributed by atoms with E-state index in [0.29, 0.717) is 24.3 Å². The number of fused-ring (bicyclic) bond motifs is 1. The number of aromatic amines is 1. The Kier molecular flexibility index (Phi) is 5.23. The first-order valence-corrected chi connectivity index (χ1v) is 11.4. The van der Waals surface area contributed by atoms with Crippen molar-refractivity contribution in [1.82, 2.24) is 14.8 Å². The number of pyridine rings is 1. The number of likely N-dealkylation sites (tertiary alicyclic amines) is 2. The topological polar surface area (TPSA) is 56.4 Å². The molecule has 5 nitrogen and oxygen atoms in total. The van der Waals surface area contributed by atoms with Crippen LogP contribution in [0.1, 0.15) is 48.4 Å². The second-order valence-corrected chi connectivity index (χ2v) is 9.42. The van der Waals surface area contributed by atoms with Gasteiger partial charge in [0.1, 0.15) is 0 Å². The van der Waals surface area contributed by atoms with Gasteiger partial charge in [-0.2, -0.15) is 0 Å².